The van der Waals surface area contributed by atoms with Gasteiger partial charge in [-0.3, -0.25) is 9.69 Å². The molecule has 1 amide bonds. The Morgan fingerprint density at radius 3 is 2.60 bits per heavy atom. The number of fused-ring (bicyclic) bond motifs is 1. The molecule has 0 bridgehead atoms. The predicted molar refractivity (Wildman–Crippen MR) is 165 cm³/mol. The summed E-state index contributed by atoms with van der Waals surface area (Å²) in [5, 5.41) is 25.0. The third-order valence-electron chi connectivity index (χ3n) is 8.33. The zero-order valence-electron chi connectivity index (χ0n) is 24.6. The monoisotopic (exact) mass is 602 g/mol. The van der Waals surface area contributed by atoms with Crippen LogP contribution >= 0.6 is 11.3 Å². The molecule has 0 spiro atoms. The molecule has 224 valence electrons. The van der Waals surface area contributed by atoms with Gasteiger partial charge in [-0.05, 0) is 25.8 Å². The van der Waals surface area contributed by atoms with Crippen molar-refractivity contribution in [3.8, 4) is 17.3 Å². The number of aryl methyl sites for hydroxylation is 2. The number of rotatable bonds is 7. The largest absolute Gasteiger partial charge is 0.391 e. The first kappa shape index (κ1) is 29.0. The Hall–Kier alpha value is -4.05. The summed E-state index contributed by atoms with van der Waals surface area (Å²) in [6.45, 7) is 7.78. The SMILES string of the molecule is CCc1nn2cc(F)c(N3CCN(CC(=O)N4CC[C@@H](O)C4)CC3)cc2c1N(C)c1nc(-c2ccc(C)cc2)c(C#N)s1. The van der Waals surface area contributed by atoms with Gasteiger partial charge in [0.1, 0.15) is 16.6 Å². The topological polar surface area (TPSA) is 104 Å². The molecule has 1 atom stereocenters. The van der Waals surface area contributed by atoms with Crippen LogP contribution in [0.15, 0.2) is 36.5 Å². The lowest BCUT2D eigenvalue weighted by atomic mass is 10.1. The number of hydrogen-bond acceptors (Lipinski definition) is 9. The number of halogens is 1. The minimum absolute atomic E-state index is 0.0314. The van der Waals surface area contributed by atoms with Crippen molar-refractivity contribution in [3.05, 3.63) is 58.5 Å². The predicted octanol–water partition coefficient (Wildman–Crippen LogP) is 3.82. The number of likely N-dealkylation sites (tertiary alicyclic amines) is 1. The van der Waals surface area contributed by atoms with Gasteiger partial charge in [0.15, 0.2) is 10.9 Å². The van der Waals surface area contributed by atoms with E-state index >= 15 is 4.39 Å². The first-order valence-electron chi connectivity index (χ1n) is 14.6. The standard InChI is InChI=1S/C31H35FN8O2S/c1-4-24-30(36(3)31-34-29(27(16-33)43-31)21-7-5-20(2)6-8-21)26-15-25(23(32)18-40(26)35-24)38-13-11-37(12-14-38)19-28(42)39-10-9-22(41)17-39/h5-8,15,18,22,41H,4,9-14,17,19H2,1-3H3/t22-/m1/s1. The van der Waals surface area contributed by atoms with E-state index in [1.807, 2.05) is 61.0 Å². The molecule has 1 aromatic carbocycles. The second kappa shape index (κ2) is 11.9. The highest BCUT2D eigenvalue weighted by Crippen LogP contribution is 2.39. The van der Waals surface area contributed by atoms with Gasteiger partial charge >= 0.3 is 0 Å². The summed E-state index contributed by atoms with van der Waals surface area (Å²) in [7, 11) is 1.91. The Bertz CT molecular complexity index is 1690. The average molecular weight is 603 g/mol. The molecular weight excluding hydrogens is 567 g/mol. The molecule has 5 heterocycles. The first-order chi connectivity index (χ1) is 20.7. The van der Waals surface area contributed by atoms with Gasteiger partial charge in [0.25, 0.3) is 0 Å². The van der Waals surface area contributed by atoms with Gasteiger partial charge < -0.3 is 19.8 Å². The van der Waals surface area contributed by atoms with Crippen LogP contribution in [0.1, 0.15) is 29.5 Å². The Balaban J connectivity index is 1.25. The van der Waals surface area contributed by atoms with Crippen LogP contribution in [0, 0.1) is 24.1 Å². The second-order valence-corrected chi connectivity index (χ2v) is 12.2. The van der Waals surface area contributed by atoms with Crippen molar-refractivity contribution in [2.24, 2.45) is 0 Å². The third-order valence-corrected chi connectivity index (χ3v) is 9.37. The molecule has 0 aliphatic carbocycles. The van der Waals surface area contributed by atoms with Crippen LogP contribution in [-0.4, -0.2) is 94.4 Å². The number of hydrogen-bond donors (Lipinski definition) is 1. The van der Waals surface area contributed by atoms with Crippen molar-refractivity contribution in [1.82, 2.24) is 24.4 Å². The minimum Gasteiger partial charge on any atom is -0.391 e. The third kappa shape index (κ3) is 5.68. The van der Waals surface area contributed by atoms with E-state index in [1.165, 1.54) is 17.5 Å². The van der Waals surface area contributed by atoms with Gasteiger partial charge in [-0.15, -0.1) is 0 Å². The van der Waals surface area contributed by atoms with Crippen molar-refractivity contribution in [3.63, 3.8) is 0 Å². The quantitative estimate of drug-likeness (QED) is 0.341. The molecule has 2 aliphatic rings. The van der Waals surface area contributed by atoms with Crippen LogP contribution in [-0.2, 0) is 11.2 Å². The van der Waals surface area contributed by atoms with Gasteiger partial charge in [0.05, 0.1) is 41.4 Å². The number of amides is 1. The number of carbonyl (C=O) groups is 1. The van der Waals surface area contributed by atoms with Crippen LogP contribution in [0.3, 0.4) is 0 Å². The van der Waals surface area contributed by atoms with E-state index in [4.69, 9.17) is 4.98 Å². The summed E-state index contributed by atoms with van der Waals surface area (Å²) >= 11 is 1.32. The number of nitriles is 1. The number of benzene rings is 1. The Morgan fingerprint density at radius 2 is 1.95 bits per heavy atom. The molecule has 6 rings (SSSR count). The van der Waals surface area contributed by atoms with E-state index in [2.05, 4.69) is 16.1 Å². The Morgan fingerprint density at radius 1 is 1.21 bits per heavy atom. The molecule has 0 saturated carbocycles. The first-order valence-corrected chi connectivity index (χ1v) is 15.4. The zero-order valence-corrected chi connectivity index (χ0v) is 25.4. The summed E-state index contributed by atoms with van der Waals surface area (Å²) in [6, 6.07) is 12.1. The van der Waals surface area contributed by atoms with Crippen LogP contribution < -0.4 is 9.80 Å². The molecule has 2 fully saturated rings. The Kier molecular flexibility index (Phi) is 8.05. The van der Waals surface area contributed by atoms with Crippen LogP contribution in [0.4, 0.5) is 20.9 Å². The molecule has 0 unspecified atom stereocenters. The van der Waals surface area contributed by atoms with Crippen molar-refractivity contribution >= 4 is 39.3 Å². The minimum atomic E-state index is -0.432. The van der Waals surface area contributed by atoms with E-state index < -0.39 is 6.10 Å². The summed E-state index contributed by atoms with van der Waals surface area (Å²) in [5.41, 5.74) is 5.55. The summed E-state index contributed by atoms with van der Waals surface area (Å²) in [5.74, 6) is -0.325. The number of pyridine rings is 1. The second-order valence-electron chi connectivity index (χ2n) is 11.2. The van der Waals surface area contributed by atoms with E-state index in [9.17, 15) is 15.2 Å². The molecule has 2 saturated heterocycles. The maximum Gasteiger partial charge on any atom is 0.236 e. The van der Waals surface area contributed by atoms with Crippen molar-refractivity contribution < 1.29 is 14.3 Å². The fraction of sp³-hybridized carbons (Fsp3) is 0.419. The molecule has 10 nitrogen and oxygen atoms in total. The molecule has 0 radical (unpaired) electrons. The van der Waals surface area contributed by atoms with E-state index in [1.54, 1.807) is 9.42 Å². The molecular formula is C31H35FN8O2S. The lowest BCUT2D eigenvalue weighted by molar-refractivity contribution is -0.131. The molecule has 12 heteroatoms. The lowest BCUT2D eigenvalue weighted by Gasteiger charge is -2.36. The molecule has 2 aliphatic heterocycles. The molecule has 1 N–H and O–H groups in total. The van der Waals surface area contributed by atoms with E-state index in [0.717, 1.165) is 28.0 Å². The number of piperazine rings is 1. The highest BCUT2D eigenvalue weighted by atomic mass is 32.1. The van der Waals surface area contributed by atoms with Crippen LogP contribution in [0.5, 0.6) is 0 Å². The number of thiazole rings is 1. The lowest BCUT2D eigenvalue weighted by Crippen LogP contribution is -2.50. The number of nitrogens with zero attached hydrogens (tertiary/aromatic N) is 8. The van der Waals surface area contributed by atoms with Gasteiger partial charge in [-0.25, -0.2) is 13.9 Å². The fourth-order valence-corrected chi connectivity index (χ4v) is 6.73. The highest BCUT2D eigenvalue weighted by molar-refractivity contribution is 7.16. The zero-order chi connectivity index (χ0) is 30.2. The van der Waals surface area contributed by atoms with Gasteiger partial charge in [-0.1, -0.05) is 48.1 Å². The smallest absolute Gasteiger partial charge is 0.236 e. The fourth-order valence-electron chi connectivity index (χ4n) is 5.88. The maximum atomic E-state index is 15.5. The highest BCUT2D eigenvalue weighted by Gasteiger charge is 2.29. The maximum absolute atomic E-state index is 15.5. The number of carbonyl (C=O) groups excluding carboxylic acids is 1. The summed E-state index contributed by atoms with van der Waals surface area (Å²) in [6.07, 6.45) is 2.26. The van der Waals surface area contributed by atoms with Gasteiger partial charge in [-0.2, -0.15) is 10.4 Å². The average Bonchev–Trinajstić information content (AvgIpc) is 3.73. The normalized spacial score (nSPS) is 17.5. The number of aliphatic hydroxyl groups is 1. The summed E-state index contributed by atoms with van der Waals surface area (Å²) in [4.78, 5) is 25.8. The number of anilines is 3. The van der Waals surface area contributed by atoms with E-state index in [0.29, 0.717) is 80.0 Å². The number of aromatic nitrogens is 3. The van der Waals surface area contributed by atoms with Crippen molar-refractivity contribution in [2.45, 2.75) is 32.8 Å². The number of aliphatic hydroxyl groups excluding tert-OH is 1. The van der Waals surface area contributed by atoms with Crippen molar-refractivity contribution in [1.29, 1.82) is 5.26 Å². The van der Waals surface area contributed by atoms with Crippen LogP contribution in [0.25, 0.3) is 16.8 Å². The van der Waals surface area contributed by atoms with Crippen molar-refractivity contribution in [2.75, 3.05) is 62.7 Å². The Labute approximate surface area is 254 Å². The molecule has 4 aromatic rings. The van der Waals surface area contributed by atoms with Crippen LogP contribution in [0.2, 0.25) is 0 Å². The molecule has 43 heavy (non-hydrogen) atoms. The number of β-amino-alcohol motifs (C(OH)–C–C–N with tert-alkyl or cyclic N) is 1. The summed E-state index contributed by atoms with van der Waals surface area (Å²) < 4.78 is 17.1. The van der Waals surface area contributed by atoms with Gasteiger partial charge in [0.2, 0.25) is 5.91 Å². The van der Waals surface area contributed by atoms with Gasteiger partial charge in [0, 0.05) is 51.9 Å². The van der Waals surface area contributed by atoms with E-state index in [-0.39, 0.29) is 11.7 Å². The molecule has 3 aromatic heterocycles.